The minimum absolute atomic E-state index is 0.0147. The number of amides is 1. The molecule has 16 heavy (non-hydrogen) atoms. The molecular weight excluding hydrogens is 204 g/mol. The molecule has 1 heterocycles. The maximum absolute atomic E-state index is 11.9. The highest BCUT2D eigenvalue weighted by Gasteiger charge is 2.28. The van der Waals surface area contributed by atoms with Crippen LogP contribution in [0.15, 0.2) is 0 Å². The predicted molar refractivity (Wildman–Crippen MR) is 64.1 cm³/mol. The van der Waals surface area contributed by atoms with Crippen LogP contribution < -0.4 is 10.6 Å². The van der Waals surface area contributed by atoms with Crippen molar-refractivity contribution in [2.45, 2.75) is 51.7 Å². The Bertz CT molecular complexity index is 241. The minimum Gasteiger partial charge on any atom is -0.388 e. The molecule has 1 saturated heterocycles. The van der Waals surface area contributed by atoms with Gasteiger partial charge in [-0.1, -0.05) is 13.8 Å². The fourth-order valence-corrected chi connectivity index (χ4v) is 1.91. The van der Waals surface area contributed by atoms with E-state index in [0.717, 1.165) is 19.4 Å². The van der Waals surface area contributed by atoms with Gasteiger partial charge in [-0.15, -0.1) is 0 Å². The quantitative estimate of drug-likeness (QED) is 0.662. The molecule has 0 spiro atoms. The van der Waals surface area contributed by atoms with Crippen LogP contribution in [-0.2, 0) is 4.79 Å². The summed E-state index contributed by atoms with van der Waals surface area (Å²) >= 11 is 0. The van der Waals surface area contributed by atoms with Gasteiger partial charge in [0.2, 0.25) is 5.91 Å². The van der Waals surface area contributed by atoms with Gasteiger partial charge in [-0.2, -0.15) is 0 Å². The van der Waals surface area contributed by atoms with Gasteiger partial charge in [0, 0.05) is 6.54 Å². The summed E-state index contributed by atoms with van der Waals surface area (Å²) in [6.45, 7) is 6.98. The smallest absolute Gasteiger partial charge is 0.237 e. The lowest BCUT2D eigenvalue weighted by atomic mass is 9.92. The molecule has 0 radical (unpaired) electrons. The largest absolute Gasteiger partial charge is 0.388 e. The van der Waals surface area contributed by atoms with Crippen molar-refractivity contribution in [3.05, 3.63) is 0 Å². The molecule has 0 aromatic heterocycles. The lowest BCUT2D eigenvalue weighted by Crippen LogP contribution is -2.53. The molecule has 1 amide bonds. The summed E-state index contributed by atoms with van der Waals surface area (Å²) in [5.41, 5.74) is -0.798. The van der Waals surface area contributed by atoms with E-state index in [1.807, 2.05) is 6.92 Å². The van der Waals surface area contributed by atoms with Crippen LogP contribution in [0.4, 0.5) is 0 Å². The first-order valence-corrected chi connectivity index (χ1v) is 6.20. The summed E-state index contributed by atoms with van der Waals surface area (Å²) in [7, 11) is 0. The van der Waals surface area contributed by atoms with Gasteiger partial charge in [0.25, 0.3) is 0 Å². The molecule has 4 heteroatoms. The molecule has 0 aromatic rings. The lowest BCUT2D eigenvalue weighted by molar-refractivity contribution is -0.126. The molecule has 0 bridgehead atoms. The number of carbonyl (C=O) groups is 1. The zero-order chi connectivity index (χ0) is 12.2. The zero-order valence-electron chi connectivity index (χ0n) is 10.5. The van der Waals surface area contributed by atoms with Crippen LogP contribution >= 0.6 is 0 Å². The number of aliphatic hydroxyl groups is 1. The Morgan fingerprint density at radius 1 is 1.62 bits per heavy atom. The highest BCUT2D eigenvalue weighted by molar-refractivity contribution is 5.82. The third-order valence-electron chi connectivity index (χ3n) is 3.46. The SMILES string of the molecule is CCC(C)(O)CNC(=O)C1NCCCC1C. The third-order valence-corrected chi connectivity index (χ3v) is 3.46. The number of piperidine rings is 1. The molecule has 1 rings (SSSR count). The number of hydrogen-bond donors (Lipinski definition) is 3. The summed E-state index contributed by atoms with van der Waals surface area (Å²) < 4.78 is 0. The van der Waals surface area contributed by atoms with Crippen LogP contribution in [-0.4, -0.2) is 35.7 Å². The van der Waals surface area contributed by atoms with E-state index in [9.17, 15) is 9.90 Å². The standard InChI is InChI=1S/C12H24N2O2/c1-4-12(3,16)8-14-11(15)10-9(2)6-5-7-13-10/h9-10,13,16H,4-8H2,1-3H3,(H,14,15). The molecule has 0 aromatic carbocycles. The Hall–Kier alpha value is -0.610. The van der Waals surface area contributed by atoms with Crippen molar-refractivity contribution in [3.8, 4) is 0 Å². The first-order valence-electron chi connectivity index (χ1n) is 6.20. The fourth-order valence-electron chi connectivity index (χ4n) is 1.91. The van der Waals surface area contributed by atoms with Crippen molar-refractivity contribution < 1.29 is 9.90 Å². The van der Waals surface area contributed by atoms with Gasteiger partial charge in [0.15, 0.2) is 0 Å². The van der Waals surface area contributed by atoms with Gasteiger partial charge in [0.05, 0.1) is 11.6 Å². The molecule has 0 saturated carbocycles. The van der Waals surface area contributed by atoms with Gasteiger partial charge < -0.3 is 15.7 Å². The molecule has 1 aliphatic heterocycles. The zero-order valence-corrected chi connectivity index (χ0v) is 10.5. The van der Waals surface area contributed by atoms with Crippen molar-refractivity contribution in [1.82, 2.24) is 10.6 Å². The maximum Gasteiger partial charge on any atom is 0.237 e. The number of carbonyl (C=O) groups excluding carboxylic acids is 1. The number of hydrogen-bond acceptors (Lipinski definition) is 3. The van der Waals surface area contributed by atoms with Gasteiger partial charge in [-0.25, -0.2) is 0 Å². The normalized spacial score (nSPS) is 29.5. The summed E-state index contributed by atoms with van der Waals surface area (Å²) in [5.74, 6) is 0.390. The fraction of sp³-hybridized carbons (Fsp3) is 0.917. The van der Waals surface area contributed by atoms with E-state index < -0.39 is 5.60 Å². The van der Waals surface area contributed by atoms with E-state index in [-0.39, 0.29) is 11.9 Å². The van der Waals surface area contributed by atoms with Crippen molar-refractivity contribution in [2.75, 3.05) is 13.1 Å². The van der Waals surface area contributed by atoms with Crippen LogP contribution in [0, 0.1) is 5.92 Å². The second-order valence-corrected chi connectivity index (χ2v) is 5.12. The summed E-state index contributed by atoms with van der Waals surface area (Å²) in [6.07, 6.45) is 2.87. The molecule has 3 atom stereocenters. The average Bonchev–Trinajstić information content (AvgIpc) is 2.27. The van der Waals surface area contributed by atoms with Crippen LogP contribution in [0.5, 0.6) is 0 Å². The summed E-state index contributed by atoms with van der Waals surface area (Å²) in [6, 6.07) is -0.0959. The molecule has 1 fully saturated rings. The predicted octanol–water partition coefficient (Wildman–Crippen LogP) is 0.652. The lowest BCUT2D eigenvalue weighted by Gasteiger charge is -2.30. The molecule has 3 unspecified atom stereocenters. The minimum atomic E-state index is -0.798. The first kappa shape index (κ1) is 13.5. The van der Waals surface area contributed by atoms with Crippen LogP contribution in [0.3, 0.4) is 0 Å². The summed E-state index contributed by atoms with van der Waals surface area (Å²) in [5, 5.41) is 15.9. The van der Waals surface area contributed by atoms with Crippen molar-refractivity contribution >= 4 is 5.91 Å². The highest BCUT2D eigenvalue weighted by atomic mass is 16.3. The monoisotopic (exact) mass is 228 g/mol. The first-order chi connectivity index (χ1) is 7.46. The van der Waals surface area contributed by atoms with Crippen LogP contribution in [0.2, 0.25) is 0 Å². The Balaban J connectivity index is 2.39. The Kier molecular flexibility index (Phi) is 4.74. The average molecular weight is 228 g/mol. The molecular formula is C12H24N2O2. The van der Waals surface area contributed by atoms with Gasteiger partial charge in [-0.05, 0) is 38.6 Å². The van der Waals surface area contributed by atoms with E-state index >= 15 is 0 Å². The second-order valence-electron chi connectivity index (χ2n) is 5.12. The second kappa shape index (κ2) is 5.64. The summed E-state index contributed by atoms with van der Waals surface area (Å²) in [4.78, 5) is 11.9. The molecule has 1 aliphatic rings. The highest BCUT2D eigenvalue weighted by Crippen LogP contribution is 2.15. The van der Waals surface area contributed by atoms with Gasteiger partial charge in [0.1, 0.15) is 0 Å². The van der Waals surface area contributed by atoms with Gasteiger partial charge in [-0.3, -0.25) is 4.79 Å². The van der Waals surface area contributed by atoms with E-state index in [4.69, 9.17) is 0 Å². The Morgan fingerprint density at radius 2 is 2.31 bits per heavy atom. The van der Waals surface area contributed by atoms with Crippen LogP contribution in [0.1, 0.15) is 40.0 Å². The topological polar surface area (TPSA) is 61.4 Å². The Morgan fingerprint density at radius 3 is 2.88 bits per heavy atom. The van der Waals surface area contributed by atoms with Crippen molar-refractivity contribution in [2.24, 2.45) is 5.92 Å². The molecule has 94 valence electrons. The molecule has 0 aliphatic carbocycles. The van der Waals surface area contributed by atoms with E-state index in [2.05, 4.69) is 17.6 Å². The van der Waals surface area contributed by atoms with E-state index in [0.29, 0.717) is 18.9 Å². The third kappa shape index (κ3) is 3.76. The van der Waals surface area contributed by atoms with Crippen LogP contribution in [0.25, 0.3) is 0 Å². The van der Waals surface area contributed by atoms with Crippen molar-refractivity contribution in [3.63, 3.8) is 0 Å². The Labute approximate surface area is 97.8 Å². The van der Waals surface area contributed by atoms with Crippen molar-refractivity contribution in [1.29, 1.82) is 0 Å². The number of nitrogens with one attached hydrogen (secondary N) is 2. The molecule has 4 nitrogen and oxygen atoms in total. The number of rotatable bonds is 4. The van der Waals surface area contributed by atoms with Gasteiger partial charge >= 0.3 is 0 Å². The van der Waals surface area contributed by atoms with E-state index in [1.165, 1.54) is 0 Å². The maximum atomic E-state index is 11.9. The molecule has 3 N–H and O–H groups in total. The van der Waals surface area contributed by atoms with E-state index in [1.54, 1.807) is 6.92 Å².